The lowest BCUT2D eigenvalue weighted by atomic mass is 10.0. The first-order valence-electron chi connectivity index (χ1n) is 4.51. The van der Waals surface area contributed by atoms with Crippen LogP contribution in [0.4, 0.5) is 0 Å². The van der Waals surface area contributed by atoms with Crippen LogP contribution >= 0.6 is 0 Å². The highest BCUT2D eigenvalue weighted by atomic mass is 16.1. The molecule has 2 heteroatoms. The van der Waals surface area contributed by atoms with Crippen molar-refractivity contribution in [2.75, 3.05) is 0 Å². The number of rotatable bonds is 2. The third-order valence-corrected chi connectivity index (χ3v) is 2.17. The largest absolute Gasteiger partial charge is 0.367 e. The van der Waals surface area contributed by atoms with Gasteiger partial charge in [-0.3, -0.25) is 4.79 Å². The van der Waals surface area contributed by atoms with E-state index in [9.17, 15) is 4.79 Å². The molecule has 1 N–H and O–H groups in total. The molecule has 0 saturated carbocycles. The standard InChI is InChI=1S/C12H11NO/c1-9-2-4-10(5-3-9)12(14)11-6-7-13-8-11/h2-8,13H,1H3. The molecule has 0 saturated heterocycles. The molecule has 70 valence electrons. The first-order valence-corrected chi connectivity index (χ1v) is 4.51. The Hall–Kier alpha value is -1.83. The summed E-state index contributed by atoms with van der Waals surface area (Å²) in [5, 5.41) is 0. The van der Waals surface area contributed by atoms with Crippen LogP contribution in [-0.2, 0) is 0 Å². The fraction of sp³-hybridized carbons (Fsp3) is 0.0833. The Labute approximate surface area is 82.6 Å². The maximum Gasteiger partial charge on any atom is 0.194 e. The van der Waals surface area contributed by atoms with Crippen LogP contribution in [0, 0.1) is 6.92 Å². The summed E-state index contributed by atoms with van der Waals surface area (Å²) >= 11 is 0. The summed E-state index contributed by atoms with van der Waals surface area (Å²) in [4.78, 5) is 14.7. The van der Waals surface area contributed by atoms with E-state index in [1.54, 1.807) is 18.5 Å². The summed E-state index contributed by atoms with van der Waals surface area (Å²) in [6.07, 6.45) is 3.46. The number of benzene rings is 1. The van der Waals surface area contributed by atoms with Gasteiger partial charge in [0, 0.05) is 23.5 Å². The molecular formula is C12H11NO. The van der Waals surface area contributed by atoms with E-state index in [-0.39, 0.29) is 5.78 Å². The SMILES string of the molecule is Cc1ccc(C(=O)c2cc[nH]c2)cc1. The predicted molar refractivity (Wildman–Crippen MR) is 55.4 cm³/mol. The van der Waals surface area contributed by atoms with Gasteiger partial charge in [0.2, 0.25) is 0 Å². The van der Waals surface area contributed by atoms with Gasteiger partial charge in [-0.05, 0) is 13.0 Å². The first kappa shape index (κ1) is 8.75. The van der Waals surface area contributed by atoms with Gasteiger partial charge in [0.05, 0.1) is 0 Å². The monoisotopic (exact) mass is 185 g/mol. The molecule has 0 aliphatic carbocycles. The van der Waals surface area contributed by atoms with Gasteiger partial charge in [-0.25, -0.2) is 0 Å². The molecule has 0 bridgehead atoms. The summed E-state index contributed by atoms with van der Waals surface area (Å²) in [6, 6.07) is 9.37. The maximum absolute atomic E-state index is 11.8. The molecule has 0 fully saturated rings. The zero-order chi connectivity index (χ0) is 9.97. The molecule has 2 nitrogen and oxygen atoms in total. The van der Waals surface area contributed by atoms with Crippen molar-refractivity contribution in [2.24, 2.45) is 0 Å². The number of aryl methyl sites for hydroxylation is 1. The van der Waals surface area contributed by atoms with Crippen molar-refractivity contribution in [3.8, 4) is 0 Å². The zero-order valence-corrected chi connectivity index (χ0v) is 7.95. The summed E-state index contributed by atoms with van der Waals surface area (Å²) in [5.41, 5.74) is 2.60. The van der Waals surface area contributed by atoms with Crippen molar-refractivity contribution in [1.29, 1.82) is 0 Å². The van der Waals surface area contributed by atoms with Gasteiger partial charge in [-0.2, -0.15) is 0 Å². The Kier molecular flexibility index (Phi) is 2.19. The van der Waals surface area contributed by atoms with Crippen LogP contribution in [0.1, 0.15) is 21.5 Å². The lowest BCUT2D eigenvalue weighted by Crippen LogP contribution is -1.98. The Morgan fingerprint density at radius 3 is 2.36 bits per heavy atom. The normalized spacial score (nSPS) is 10.1. The smallest absolute Gasteiger partial charge is 0.194 e. The molecular weight excluding hydrogens is 174 g/mol. The number of ketones is 1. The highest BCUT2D eigenvalue weighted by molar-refractivity contribution is 6.08. The number of nitrogens with one attached hydrogen (secondary N) is 1. The molecule has 0 spiro atoms. The van der Waals surface area contributed by atoms with Crippen molar-refractivity contribution in [2.45, 2.75) is 6.92 Å². The van der Waals surface area contributed by atoms with E-state index in [4.69, 9.17) is 0 Å². The van der Waals surface area contributed by atoms with E-state index in [1.807, 2.05) is 31.2 Å². The number of aromatic amines is 1. The lowest BCUT2D eigenvalue weighted by Gasteiger charge is -1.98. The molecule has 0 unspecified atom stereocenters. The van der Waals surface area contributed by atoms with Gasteiger partial charge in [-0.1, -0.05) is 29.8 Å². The topological polar surface area (TPSA) is 32.9 Å². The van der Waals surface area contributed by atoms with Gasteiger partial charge in [0.15, 0.2) is 5.78 Å². The van der Waals surface area contributed by atoms with Gasteiger partial charge in [-0.15, -0.1) is 0 Å². The summed E-state index contributed by atoms with van der Waals surface area (Å²) in [6.45, 7) is 2.00. The van der Waals surface area contributed by atoms with Crippen LogP contribution < -0.4 is 0 Å². The van der Waals surface area contributed by atoms with E-state index in [0.29, 0.717) is 5.56 Å². The molecule has 0 radical (unpaired) electrons. The fourth-order valence-electron chi connectivity index (χ4n) is 1.34. The molecule has 0 aliphatic rings. The molecule has 0 atom stereocenters. The summed E-state index contributed by atoms with van der Waals surface area (Å²) in [5.74, 6) is 0.0613. The van der Waals surface area contributed by atoms with E-state index < -0.39 is 0 Å². The van der Waals surface area contributed by atoms with Crippen LogP contribution in [0.2, 0.25) is 0 Å². The highest BCUT2D eigenvalue weighted by Crippen LogP contribution is 2.09. The number of aromatic nitrogens is 1. The second-order valence-electron chi connectivity index (χ2n) is 3.29. The Morgan fingerprint density at radius 2 is 1.79 bits per heavy atom. The van der Waals surface area contributed by atoms with Gasteiger partial charge in [0.25, 0.3) is 0 Å². The van der Waals surface area contributed by atoms with Gasteiger partial charge >= 0.3 is 0 Å². The fourth-order valence-corrected chi connectivity index (χ4v) is 1.34. The Morgan fingerprint density at radius 1 is 1.07 bits per heavy atom. The molecule has 1 heterocycles. The van der Waals surface area contributed by atoms with Crippen molar-refractivity contribution < 1.29 is 4.79 Å². The van der Waals surface area contributed by atoms with E-state index in [0.717, 1.165) is 11.1 Å². The average molecular weight is 185 g/mol. The summed E-state index contributed by atoms with van der Waals surface area (Å²) < 4.78 is 0. The third-order valence-electron chi connectivity index (χ3n) is 2.17. The quantitative estimate of drug-likeness (QED) is 0.716. The first-order chi connectivity index (χ1) is 6.77. The van der Waals surface area contributed by atoms with Gasteiger partial charge < -0.3 is 4.98 Å². The maximum atomic E-state index is 11.8. The van der Waals surface area contributed by atoms with Crippen LogP contribution in [0.15, 0.2) is 42.7 Å². The molecule has 14 heavy (non-hydrogen) atoms. The van der Waals surface area contributed by atoms with Crippen LogP contribution in [0.5, 0.6) is 0 Å². The Bertz CT molecular complexity index is 426. The minimum Gasteiger partial charge on any atom is -0.367 e. The second-order valence-corrected chi connectivity index (χ2v) is 3.29. The van der Waals surface area contributed by atoms with E-state index in [1.165, 1.54) is 0 Å². The van der Waals surface area contributed by atoms with Gasteiger partial charge in [0.1, 0.15) is 0 Å². The van der Waals surface area contributed by atoms with Crippen molar-refractivity contribution in [3.63, 3.8) is 0 Å². The number of hydrogen-bond acceptors (Lipinski definition) is 1. The number of hydrogen-bond donors (Lipinski definition) is 1. The zero-order valence-electron chi connectivity index (χ0n) is 7.95. The lowest BCUT2D eigenvalue weighted by molar-refractivity contribution is 0.103. The molecule has 1 aromatic carbocycles. The number of carbonyl (C=O) groups is 1. The minimum atomic E-state index is 0.0613. The molecule has 2 aromatic rings. The highest BCUT2D eigenvalue weighted by Gasteiger charge is 2.07. The molecule has 2 rings (SSSR count). The van der Waals surface area contributed by atoms with E-state index in [2.05, 4.69) is 4.98 Å². The van der Waals surface area contributed by atoms with Crippen molar-refractivity contribution in [1.82, 2.24) is 4.98 Å². The third kappa shape index (κ3) is 1.59. The number of carbonyl (C=O) groups excluding carboxylic acids is 1. The van der Waals surface area contributed by atoms with E-state index >= 15 is 0 Å². The minimum absolute atomic E-state index is 0.0613. The molecule has 1 aromatic heterocycles. The predicted octanol–water partition coefficient (Wildman–Crippen LogP) is 2.55. The van der Waals surface area contributed by atoms with Crippen LogP contribution in [0.3, 0.4) is 0 Å². The molecule has 0 amide bonds. The van der Waals surface area contributed by atoms with Crippen LogP contribution in [0.25, 0.3) is 0 Å². The van der Waals surface area contributed by atoms with Crippen molar-refractivity contribution in [3.05, 3.63) is 59.4 Å². The second kappa shape index (κ2) is 3.50. The van der Waals surface area contributed by atoms with Crippen LogP contribution in [-0.4, -0.2) is 10.8 Å². The summed E-state index contributed by atoms with van der Waals surface area (Å²) in [7, 11) is 0. The number of H-pyrrole nitrogens is 1. The Balaban J connectivity index is 2.33. The van der Waals surface area contributed by atoms with Crippen molar-refractivity contribution >= 4 is 5.78 Å². The molecule has 0 aliphatic heterocycles. The average Bonchev–Trinajstić information content (AvgIpc) is 2.71.